The third-order valence-electron chi connectivity index (χ3n) is 3.02. The zero-order valence-corrected chi connectivity index (χ0v) is 8.94. The topological polar surface area (TPSA) is 55.1 Å². The molecule has 0 aromatic carbocycles. The number of nitrogens with zero attached hydrogens (tertiary/aromatic N) is 2. The Balaban J connectivity index is 2.15. The zero-order valence-electron chi connectivity index (χ0n) is 8.94. The minimum absolute atomic E-state index is 0.183. The summed E-state index contributed by atoms with van der Waals surface area (Å²) in [7, 11) is 0. The van der Waals surface area contributed by atoms with E-state index in [2.05, 4.69) is 11.9 Å². The number of fused-ring (bicyclic) bond motifs is 1. The van der Waals surface area contributed by atoms with Gasteiger partial charge in [0.15, 0.2) is 5.69 Å². The van der Waals surface area contributed by atoms with E-state index in [-0.39, 0.29) is 5.69 Å². The van der Waals surface area contributed by atoms with Crippen LogP contribution in [0.5, 0.6) is 0 Å². The Morgan fingerprint density at radius 3 is 3.20 bits per heavy atom. The van der Waals surface area contributed by atoms with Gasteiger partial charge in [0, 0.05) is 19.2 Å². The Labute approximate surface area is 88.9 Å². The maximum atomic E-state index is 10.8. The standard InChI is InChI=1S/C11H16N2O2/c1-2-3-8-4-5-13-7-9(11(14)15)12-10(13)6-8/h7-8H,2-6H2,1H3,(H,14,15). The molecule has 1 aliphatic heterocycles. The van der Waals surface area contributed by atoms with Gasteiger partial charge in [0.2, 0.25) is 0 Å². The monoisotopic (exact) mass is 208 g/mol. The highest BCUT2D eigenvalue weighted by molar-refractivity contribution is 5.85. The molecule has 1 N–H and O–H groups in total. The lowest BCUT2D eigenvalue weighted by molar-refractivity contribution is 0.0691. The second-order valence-corrected chi connectivity index (χ2v) is 4.19. The number of aromatic nitrogens is 2. The van der Waals surface area contributed by atoms with Gasteiger partial charge in [0.05, 0.1) is 0 Å². The quantitative estimate of drug-likeness (QED) is 0.825. The van der Waals surface area contributed by atoms with Crippen molar-refractivity contribution in [2.45, 2.75) is 39.2 Å². The third kappa shape index (κ3) is 2.03. The molecule has 0 saturated carbocycles. The molecule has 0 spiro atoms. The highest BCUT2D eigenvalue weighted by Gasteiger charge is 2.21. The molecule has 1 unspecified atom stereocenters. The summed E-state index contributed by atoms with van der Waals surface area (Å²) in [5, 5.41) is 8.83. The number of hydrogen-bond donors (Lipinski definition) is 1. The van der Waals surface area contributed by atoms with Crippen molar-refractivity contribution in [3.05, 3.63) is 17.7 Å². The summed E-state index contributed by atoms with van der Waals surface area (Å²) in [5.74, 6) is 0.701. The summed E-state index contributed by atoms with van der Waals surface area (Å²) in [6.07, 6.45) is 6.14. The lowest BCUT2D eigenvalue weighted by Gasteiger charge is -2.22. The van der Waals surface area contributed by atoms with Gasteiger partial charge in [-0.1, -0.05) is 19.8 Å². The van der Waals surface area contributed by atoms with Crippen LogP contribution >= 0.6 is 0 Å². The predicted octanol–water partition coefficient (Wildman–Crippen LogP) is 1.94. The lowest BCUT2D eigenvalue weighted by atomic mass is 9.93. The van der Waals surface area contributed by atoms with Gasteiger partial charge in [-0.2, -0.15) is 0 Å². The fraction of sp³-hybridized carbons (Fsp3) is 0.636. The van der Waals surface area contributed by atoms with Crippen LogP contribution < -0.4 is 0 Å². The van der Waals surface area contributed by atoms with Gasteiger partial charge in [-0.3, -0.25) is 0 Å². The highest BCUT2D eigenvalue weighted by Crippen LogP contribution is 2.23. The first kappa shape index (κ1) is 10.2. The number of carboxylic acids is 1. The summed E-state index contributed by atoms with van der Waals surface area (Å²) in [5.41, 5.74) is 0.183. The predicted molar refractivity (Wildman–Crippen MR) is 55.9 cm³/mol. The number of aromatic carboxylic acids is 1. The second kappa shape index (κ2) is 4.04. The summed E-state index contributed by atoms with van der Waals surface area (Å²) in [6, 6.07) is 0. The van der Waals surface area contributed by atoms with E-state index in [0.29, 0.717) is 5.92 Å². The molecule has 4 nitrogen and oxygen atoms in total. The van der Waals surface area contributed by atoms with Crippen LogP contribution in [0.1, 0.15) is 42.5 Å². The molecule has 0 fully saturated rings. The van der Waals surface area contributed by atoms with Crippen molar-refractivity contribution in [1.29, 1.82) is 0 Å². The van der Waals surface area contributed by atoms with Crippen molar-refractivity contribution < 1.29 is 9.90 Å². The van der Waals surface area contributed by atoms with Gasteiger partial charge < -0.3 is 9.67 Å². The van der Waals surface area contributed by atoms with Crippen LogP contribution in [-0.4, -0.2) is 20.6 Å². The van der Waals surface area contributed by atoms with Gasteiger partial charge in [0.25, 0.3) is 0 Å². The van der Waals surface area contributed by atoms with E-state index < -0.39 is 5.97 Å². The molecular weight excluding hydrogens is 192 g/mol. The molecule has 1 aromatic rings. The molecule has 0 radical (unpaired) electrons. The Kier molecular flexibility index (Phi) is 2.75. The van der Waals surface area contributed by atoms with Gasteiger partial charge >= 0.3 is 5.97 Å². The van der Waals surface area contributed by atoms with Gasteiger partial charge in [-0.25, -0.2) is 9.78 Å². The number of imidazole rings is 1. The fourth-order valence-corrected chi connectivity index (χ4v) is 2.25. The maximum Gasteiger partial charge on any atom is 0.356 e. The first-order valence-corrected chi connectivity index (χ1v) is 5.50. The zero-order chi connectivity index (χ0) is 10.8. The van der Waals surface area contributed by atoms with Crippen molar-refractivity contribution in [3.63, 3.8) is 0 Å². The minimum atomic E-state index is -0.927. The molecule has 0 bridgehead atoms. The van der Waals surface area contributed by atoms with Crippen LogP contribution in [0.2, 0.25) is 0 Å². The summed E-state index contributed by atoms with van der Waals surface area (Å²) >= 11 is 0. The van der Waals surface area contributed by atoms with Crippen LogP contribution in [0, 0.1) is 5.92 Å². The Bertz CT molecular complexity index is 371. The second-order valence-electron chi connectivity index (χ2n) is 4.19. The molecule has 0 amide bonds. The molecule has 1 aromatic heterocycles. The maximum absolute atomic E-state index is 10.8. The molecule has 2 rings (SSSR count). The average molecular weight is 208 g/mol. The van der Waals surface area contributed by atoms with E-state index >= 15 is 0 Å². The smallest absolute Gasteiger partial charge is 0.356 e. The van der Waals surface area contributed by atoms with E-state index in [9.17, 15) is 4.79 Å². The summed E-state index contributed by atoms with van der Waals surface area (Å²) in [6.45, 7) is 3.10. The highest BCUT2D eigenvalue weighted by atomic mass is 16.4. The largest absolute Gasteiger partial charge is 0.476 e. The first-order chi connectivity index (χ1) is 7.20. The van der Waals surface area contributed by atoms with Crippen LogP contribution in [0.25, 0.3) is 0 Å². The van der Waals surface area contributed by atoms with Crippen LogP contribution in [0.15, 0.2) is 6.20 Å². The normalized spacial score (nSPS) is 19.9. The van der Waals surface area contributed by atoms with Gasteiger partial charge in [0.1, 0.15) is 5.82 Å². The van der Waals surface area contributed by atoms with Crippen LogP contribution in [0.4, 0.5) is 0 Å². The Morgan fingerprint density at radius 2 is 2.53 bits per heavy atom. The first-order valence-electron chi connectivity index (χ1n) is 5.50. The van der Waals surface area contributed by atoms with Crippen LogP contribution in [-0.2, 0) is 13.0 Å². The number of carbonyl (C=O) groups is 1. The molecule has 4 heteroatoms. The van der Waals surface area contributed by atoms with E-state index in [1.807, 2.05) is 4.57 Å². The fourth-order valence-electron chi connectivity index (χ4n) is 2.25. The molecule has 1 aliphatic rings. The average Bonchev–Trinajstić information content (AvgIpc) is 2.61. The van der Waals surface area contributed by atoms with Crippen molar-refractivity contribution in [3.8, 4) is 0 Å². The minimum Gasteiger partial charge on any atom is -0.476 e. The number of aryl methyl sites for hydroxylation is 1. The molecule has 15 heavy (non-hydrogen) atoms. The van der Waals surface area contributed by atoms with E-state index in [1.165, 1.54) is 12.8 Å². The van der Waals surface area contributed by atoms with E-state index in [1.54, 1.807) is 6.20 Å². The number of hydrogen-bond acceptors (Lipinski definition) is 2. The van der Waals surface area contributed by atoms with E-state index in [0.717, 1.165) is 25.2 Å². The number of rotatable bonds is 3. The Morgan fingerprint density at radius 1 is 1.73 bits per heavy atom. The SMILES string of the molecule is CCCC1CCn2cc(C(=O)O)nc2C1. The van der Waals surface area contributed by atoms with E-state index in [4.69, 9.17) is 5.11 Å². The summed E-state index contributed by atoms with van der Waals surface area (Å²) < 4.78 is 1.98. The molecule has 0 saturated heterocycles. The van der Waals surface area contributed by atoms with Gasteiger partial charge in [-0.05, 0) is 12.3 Å². The van der Waals surface area contributed by atoms with Crippen molar-refractivity contribution >= 4 is 5.97 Å². The lowest BCUT2D eigenvalue weighted by Crippen LogP contribution is -2.18. The molecule has 1 atom stereocenters. The van der Waals surface area contributed by atoms with Crippen molar-refractivity contribution in [1.82, 2.24) is 9.55 Å². The molecular formula is C11H16N2O2. The van der Waals surface area contributed by atoms with Gasteiger partial charge in [-0.15, -0.1) is 0 Å². The number of carboxylic acid groups (broad SMARTS) is 1. The third-order valence-corrected chi connectivity index (χ3v) is 3.02. The van der Waals surface area contributed by atoms with Crippen LogP contribution in [0.3, 0.4) is 0 Å². The molecule has 2 heterocycles. The molecule has 0 aliphatic carbocycles. The Hall–Kier alpha value is -1.32. The summed E-state index contributed by atoms with van der Waals surface area (Å²) in [4.78, 5) is 14.9. The van der Waals surface area contributed by atoms with Crippen molar-refractivity contribution in [2.24, 2.45) is 5.92 Å². The van der Waals surface area contributed by atoms with Crippen molar-refractivity contribution in [2.75, 3.05) is 0 Å². The molecule has 82 valence electrons.